The van der Waals surface area contributed by atoms with E-state index in [2.05, 4.69) is 9.71 Å². The van der Waals surface area contributed by atoms with Crippen molar-refractivity contribution in [3.8, 4) is 0 Å². The Morgan fingerprint density at radius 2 is 2.00 bits per heavy atom. The SMILES string of the molecule is COC(=O)C(C)(C)Nc1cccc(S(=O)(=O)N=CN(C)C)c1. The Morgan fingerprint density at radius 1 is 1.36 bits per heavy atom. The minimum atomic E-state index is -3.79. The first-order valence-electron chi connectivity index (χ1n) is 6.52. The third kappa shape index (κ3) is 4.73. The van der Waals surface area contributed by atoms with Gasteiger partial charge in [0, 0.05) is 19.8 Å². The predicted octanol–water partition coefficient (Wildman–Crippen LogP) is 1.33. The van der Waals surface area contributed by atoms with Crippen molar-refractivity contribution in [1.82, 2.24) is 4.90 Å². The van der Waals surface area contributed by atoms with E-state index in [1.807, 2.05) is 0 Å². The Morgan fingerprint density at radius 3 is 2.55 bits per heavy atom. The molecule has 22 heavy (non-hydrogen) atoms. The third-order valence-electron chi connectivity index (χ3n) is 2.70. The van der Waals surface area contributed by atoms with Gasteiger partial charge in [0.2, 0.25) is 0 Å². The molecule has 0 unspecified atom stereocenters. The molecule has 0 heterocycles. The van der Waals surface area contributed by atoms with Crippen molar-refractivity contribution in [2.45, 2.75) is 24.3 Å². The summed E-state index contributed by atoms with van der Waals surface area (Å²) in [6.45, 7) is 3.29. The fraction of sp³-hybridized carbons (Fsp3) is 0.429. The number of carbonyl (C=O) groups excluding carboxylic acids is 1. The van der Waals surface area contributed by atoms with Gasteiger partial charge in [-0.15, -0.1) is 4.40 Å². The molecule has 0 saturated carbocycles. The molecule has 8 heteroatoms. The van der Waals surface area contributed by atoms with E-state index in [4.69, 9.17) is 4.74 Å². The van der Waals surface area contributed by atoms with Crippen molar-refractivity contribution < 1.29 is 17.9 Å². The Hall–Kier alpha value is -2.09. The Bertz CT molecular complexity index is 666. The van der Waals surface area contributed by atoms with Crippen molar-refractivity contribution in [1.29, 1.82) is 0 Å². The number of hydrogen-bond donors (Lipinski definition) is 1. The average Bonchev–Trinajstić information content (AvgIpc) is 2.44. The summed E-state index contributed by atoms with van der Waals surface area (Å²) >= 11 is 0. The van der Waals surface area contributed by atoms with Crippen molar-refractivity contribution >= 4 is 28.0 Å². The molecule has 1 aromatic rings. The molecular formula is C14H21N3O4S. The van der Waals surface area contributed by atoms with E-state index in [9.17, 15) is 13.2 Å². The lowest BCUT2D eigenvalue weighted by Crippen LogP contribution is -2.41. The number of anilines is 1. The Balaban J connectivity index is 3.08. The maximum absolute atomic E-state index is 12.1. The fourth-order valence-corrected chi connectivity index (χ4v) is 2.58. The second-order valence-corrected chi connectivity index (χ2v) is 7.06. The molecule has 0 bridgehead atoms. The second kappa shape index (κ2) is 6.78. The number of esters is 1. The summed E-state index contributed by atoms with van der Waals surface area (Å²) in [4.78, 5) is 13.2. The number of rotatable bonds is 6. The molecule has 0 atom stereocenters. The molecular weight excluding hydrogens is 306 g/mol. The van der Waals surface area contributed by atoms with Gasteiger partial charge >= 0.3 is 5.97 Å². The first kappa shape index (κ1) is 18.0. The van der Waals surface area contributed by atoms with Crippen molar-refractivity contribution in [3.05, 3.63) is 24.3 Å². The van der Waals surface area contributed by atoms with Gasteiger partial charge in [-0.1, -0.05) is 6.07 Å². The summed E-state index contributed by atoms with van der Waals surface area (Å²) < 4.78 is 32.5. The molecule has 0 spiro atoms. The Labute approximate surface area is 131 Å². The normalized spacial score (nSPS) is 12.2. The van der Waals surface area contributed by atoms with E-state index in [0.29, 0.717) is 5.69 Å². The molecule has 1 rings (SSSR count). The van der Waals surface area contributed by atoms with E-state index < -0.39 is 21.5 Å². The third-order valence-corrected chi connectivity index (χ3v) is 3.92. The minimum absolute atomic E-state index is 0.0382. The van der Waals surface area contributed by atoms with Gasteiger partial charge in [0.1, 0.15) is 11.9 Å². The molecule has 0 aliphatic rings. The van der Waals surface area contributed by atoms with Crippen LogP contribution in [0.2, 0.25) is 0 Å². The van der Waals surface area contributed by atoms with Crippen LogP contribution in [0.1, 0.15) is 13.8 Å². The van der Waals surface area contributed by atoms with Gasteiger partial charge in [0.25, 0.3) is 10.0 Å². The summed E-state index contributed by atoms with van der Waals surface area (Å²) in [5, 5.41) is 2.95. The van der Waals surface area contributed by atoms with Crippen LogP contribution in [-0.4, -0.2) is 52.4 Å². The lowest BCUT2D eigenvalue weighted by Gasteiger charge is -2.24. The zero-order valence-electron chi connectivity index (χ0n) is 13.3. The molecule has 1 aromatic carbocycles. The van der Waals surface area contributed by atoms with E-state index >= 15 is 0 Å². The molecule has 0 amide bonds. The topological polar surface area (TPSA) is 88.1 Å². The molecule has 122 valence electrons. The van der Waals surface area contributed by atoms with Gasteiger partial charge < -0.3 is 15.0 Å². The lowest BCUT2D eigenvalue weighted by molar-refractivity contribution is -0.144. The number of nitrogens with zero attached hydrogens (tertiary/aromatic N) is 2. The van der Waals surface area contributed by atoms with Crippen molar-refractivity contribution in [3.63, 3.8) is 0 Å². The molecule has 1 N–H and O–H groups in total. The van der Waals surface area contributed by atoms with Crippen LogP contribution in [0.25, 0.3) is 0 Å². The van der Waals surface area contributed by atoms with E-state index in [-0.39, 0.29) is 4.90 Å². The largest absolute Gasteiger partial charge is 0.467 e. The molecule has 0 aliphatic carbocycles. The zero-order chi connectivity index (χ0) is 17.0. The highest BCUT2D eigenvalue weighted by Gasteiger charge is 2.28. The van der Waals surface area contributed by atoms with Crippen LogP contribution in [0.4, 0.5) is 5.69 Å². The van der Waals surface area contributed by atoms with E-state index in [1.165, 1.54) is 30.5 Å². The smallest absolute Gasteiger partial charge is 0.330 e. The van der Waals surface area contributed by atoms with Gasteiger partial charge in [-0.05, 0) is 32.0 Å². The summed E-state index contributed by atoms with van der Waals surface area (Å²) in [5.74, 6) is -0.452. The highest BCUT2D eigenvalue weighted by molar-refractivity contribution is 7.90. The van der Waals surface area contributed by atoms with Crippen LogP contribution < -0.4 is 5.32 Å². The highest BCUT2D eigenvalue weighted by atomic mass is 32.2. The zero-order valence-corrected chi connectivity index (χ0v) is 14.1. The fourth-order valence-electron chi connectivity index (χ4n) is 1.62. The number of benzene rings is 1. The highest BCUT2D eigenvalue weighted by Crippen LogP contribution is 2.21. The van der Waals surface area contributed by atoms with Gasteiger partial charge in [-0.3, -0.25) is 0 Å². The summed E-state index contributed by atoms with van der Waals surface area (Å²) in [6.07, 6.45) is 1.22. The van der Waals surface area contributed by atoms with Crippen LogP contribution >= 0.6 is 0 Å². The average molecular weight is 327 g/mol. The van der Waals surface area contributed by atoms with Gasteiger partial charge in [0.05, 0.1) is 12.0 Å². The number of sulfonamides is 1. The first-order valence-corrected chi connectivity index (χ1v) is 7.96. The minimum Gasteiger partial charge on any atom is -0.467 e. The first-order chi connectivity index (χ1) is 10.1. The Kier molecular flexibility index (Phi) is 5.54. The van der Waals surface area contributed by atoms with E-state index in [0.717, 1.165) is 0 Å². The van der Waals surface area contributed by atoms with E-state index in [1.54, 1.807) is 40.1 Å². The van der Waals surface area contributed by atoms with Crippen LogP contribution in [0.15, 0.2) is 33.6 Å². The van der Waals surface area contributed by atoms with Crippen LogP contribution in [-0.2, 0) is 19.6 Å². The molecule has 0 saturated heterocycles. The van der Waals surface area contributed by atoms with Gasteiger partial charge in [0.15, 0.2) is 0 Å². The number of ether oxygens (including phenoxy) is 1. The van der Waals surface area contributed by atoms with Gasteiger partial charge in [-0.2, -0.15) is 8.42 Å². The summed E-state index contributed by atoms with van der Waals surface area (Å²) in [7, 11) is 0.860. The predicted molar refractivity (Wildman–Crippen MR) is 85.5 cm³/mol. The lowest BCUT2D eigenvalue weighted by atomic mass is 10.1. The number of nitrogens with one attached hydrogen (secondary N) is 1. The summed E-state index contributed by atoms with van der Waals surface area (Å²) in [5.41, 5.74) is -0.499. The van der Waals surface area contributed by atoms with Crippen LogP contribution in [0.3, 0.4) is 0 Å². The van der Waals surface area contributed by atoms with Crippen LogP contribution in [0.5, 0.6) is 0 Å². The quantitative estimate of drug-likeness (QED) is 0.482. The monoisotopic (exact) mass is 327 g/mol. The standard InChI is InChI=1S/C14H21N3O4S/c1-14(2,13(18)21-5)16-11-7-6-8-12(9-11)22(19,20)15-10-17(3)4/h6-10,16H,1-5H3. The molecule has 0 aliphatic heterocycles. The maximum atomic E-state index is 12.1. The number of carbonyl (C=O) groups is 1. The number of methoxy groups -OCH3 is 1. The van der Waals surface area contributed by atoms with Crippen molar-refractivity contribution in [2.24, 2.45) is 4.40 Å². The number of hydrogen-bond acceptors (Lipinski definition) is 5. The molecule has 7 nitrogen and oxygen atoms in total. The summed E-state index contributed by atoms with van der Waals surface area (Å²) in [6, 6.07) is 6.11. The molecule has 0 aromatic heterocycles. The van der Waals surface area contributed by atoms with Crippen molar-refractivity contribution in [2.75, 3.05) is 26.5 Å². The second-order valence-electron chi connectivity index (χ2n) is 5.43. The van der Waals surface area contributed by atoms with Crippen LogP contribution in [0, 0.1) is 0 Å². The van der Waals surface area contributed by atoms with Gasteiger partial charge in [-0.25, -0.2) is 4.79 Å². The molecule has 0 radical (unpaired) electrons. The molecule has 0 fully saturated rings. The maximum Gasteiger partial charge on any atom is 0.330 e.